The van der Waals surface area contributed by atoms with Crippen LogP contribution in [0, 0.1) is 3.57 Å². The molecule has 30 heavy (non-hydrogen) atoms. The van der Waals surface area contributed by atoms with Crippen molar-refractivity contribution in [1.29, 1.82) is 0 Å². The van der Waals surface area contributed by atoms with Gasteiger partial charge in [0.1, 0.15) is 11.8 Å². The molecule has 2 aliphatic heterocycles. The molecule has 9 heteroatoms. The second-order valence-corrected chi connectivity index (χ2v) is 8.17. The molecule has 4 rings (SSSR count). The molecule has 2 amide bonds. The van der Waals surface area contributed by atoms with E-state index < -0.39 is 23.8 Å². The molecular formula is C21H19IN2O6. The fourth-order valence-corrected chi connectivity index (χ4v) is 4.23. The van der Waals surface area contributed by atoms with Crippen molar-refractivity contribution in [2.45, 2.75) is 25.4 Å². The van der Waals surface area contributed by atoms with Crippen LogP contribution in [0.1, 0.15) is 38.3 Å². The second-order valence-electron chi connectivity index (χ2n) is 7.01. The highest BCUT2D eigenvalue weighted by atomic mass is 127. The number of nitrogens with one attached hydrogen (secondary N) is 1. The number of halogens is 1. The number of rotatable bonds is 7. The summed E-state index contributed by atoms with van der Waals surface area (Å²) in [5, 5.41) is 12.9. The standard InChI is InChI=1S/C21H19IN2O6/c22-16-4-1-3-15-18(16)20(26)24(19(15)25)30-8-2-7-29-14-6-5-12-10-17(21(27)28)23-11-13(12)9-14/h1,3-6,9,17,23H,2,7-8,10-11H2,(H,27,28)/t17-/m0/s1. The number of carboxylic acids is 1. The summed E-state index contributed by atoms with van der Waals surface area (Å²) in [6.45, 7) is 0.991. The van der Waals surface area contributed by atoms with Crippen molar-refractivity contribution < 1.29 is 29.1 Å². The lowest BCUT2D eigenvalue weighted by Crippen LogP contribution is -2.41. The quantitative estimate of drug-likeness (QED) is 0.327. The molecule has 2 aromatic carbocycles. The van der Waals surface area contributed by atoms with E-state index in [2.05, 4.69) is 5.32 Å². The van der Waals surface area contributed by atoms with Gasteiger partial charge in [0, 0.05) is 16.5 Å². The number of fused-ring (bicyclic) bond motifs is 2. The number of amides is 2. The molecule has 0 aliphatic carbocycles. The van der Waals surface area contributed by atoms with Crippen molar-refractivity contribution in [3.63, 3.8) is 0 Å². The maximum Gasteiger partial charge on any atom is 0.321 e. The molecule has 0 aromatic heterocycles. The summed E-state index contributed by atoms with van der Waals surface area (Å²) in [5.74, 6) is -1.06. The summed E-state index contributed by atoms with van der Waals surface area (Å²) >= 11 is 2.03. The Kier molecular flexibility index (Phi) is 6.02. The van der Waals surface area contributed by atoms with Crippen LogP contribution in [-0.4, -0.2) is 47.2 Å². The number of carboxylic acid groups (broad SMARTS) is 1. The Morgan fingerprint density at radius 3 is 2.77 bits per heavy atom. The second kappa shape index (κ2) is 8.70. The average Bonchev–Trinajstić information content (AvgIpc) is 2.98. The van der Waals surface area contributed by atoms with Gasteiger partial charge in [-0.05, 0) is 64.4 Å². The van der Waals surface area contributed by atoms with Crippen LogP contribution >= 0.6 is 22.6 Å². The summed E-state index contributed by atoms with van der Waals surface area (Å²) in [5.41, 5.74) is 2.75. The fourth-order valence-electron chi connectivity index (χ4n) is 3.50. The van der Waals surface area contributed by atoms with Gasteiger partial charge in [-0.1, -0.05) is 12.1 Å². The van der Waals surface area contributed by atoms with Crippen molar-refractivity contribution in [3.8, 4) is 5.75 Å². The van der Waals surface area contributed by atoms with E-state index in [1.54, 1.807) is 18.2 Å². The maximum absolute atomic E-state index is 12.4. The summed E-state index contributed by atoms with van der Waals surface area (Å²) in [7, 11) is 0. The zero-order valence-corrected chi connectivity index (χ0v) is 18.0. The molecule has 0 spiro atoms. The SMILES string of the molecule is O=C(O)[C@@H]1Cc2ccc(OCCCON3C(=O)c4cccc(I)c4C3=O)cc2CN1. The maximum atomic E-state index is 12.4. The predicted molar refractivity (Wildman–Crippen MR) is 114 cm³/mol. The summed E-state index contributed by atoms with van der Waals surface area (Å²) in [4.78, 5) is 41.3. The van der Waals surface area contributed by atoms with Crippen LogP contribution in [0.15, 0.2) is 36.4 Å². The zero-order valence-electron chi connectivity index (χ0n) is 15.9. The molecule has 2 aliphatic rings. The molecular weight excluding hydrogens is 503 g/mol. The molecule has 0 fully saturated rings. The van der Waals surface area contributed by atoms with Crippen molar-refractivity contribution in [2.24, 2.45) is 0 Å². The van der Waals surface area contributed by atoms with Crippen molar-refractivity contribution in [2.75, 3.05) is 13.2 Å². The van der Waals surface area contributed by atoms with E-state index in [4.69, 9.17) is 14.7 Å². The van der Waals surface area contributed by atoms with Crippen LogP contribution in [-0.2, 0) is 22.6 Å². The monoisotopic (exact) mass is 522 g/mol. The van der Waals surface area contributed by atoms with Gasteiger partial charge < -0.3 is 15.2 Å². The Morgan fingerprint density at radius 1 is 1.17 bits per heavy atom. The lowest BCUT2D eigenvalue weighted by Gasteiger charge is -2.23. The molecule has 0 unspecified atom stereocenters. The van der Waals surface area contributed by atoms with Gasteiger partial charge >= 0.3 is 5.97 Å². The Morgan fingerprint density at radius 2 is 2.00 bits per heavy atom. The van der Waals surface area contributed by atoms with Gasteiger partial charge in [-0.2, -0.15) is 0 Å². The smallest absolute Gasteiger partial charge is 0.321 e. The van der Waals surface area contributed by atoms with Crippen LogP contribution in [0.5, 0.6) is 5.75 Å². The highest BCUT2D eigenvalue weighted by Gasteiger charge is 2.38. The Labute approximate surface area is 186 Å². The topological polar surface area (TPSA) is 105 Å². The van der Waals surface area contributed by atoms with Gasteiger partial charge in [0.05, 0.1) is 24.3 Å². The molecule has 0 saturated heterocycles. The number of aliphatic carboxylic acids is 1. The molecule has 8 nitrogen and oxygen atoms in total. The van der Waals surface area contributed by atoms with E-state index in [9.17, 15) is 14.4 Å². The van der Waals surface area contributed by atoms with E-state index in [-0.39, 0.29) is 6.61 Å². The van der Waals surface area contributed by atoms with Crippen LogP contribution in [0.25, 0.3) is 0 Å². The van der Waals surface area contributed by atoms with Crippen LogP contribution < -0.4 is 10.1 Å². The van der Waals surface area contributed by atoms with Crippen molar-refractivity contribution in [1.82, 2.24) is 10.4 Å². The number of hydrogen-bond donors (Lipinski definition) is 2. The molecule has 0 bridgehead atoms. The van der Waals surface area contributed by atoms with E-state index in [1.165, 1.54) is 0 Å². The number of nitrogens with zero attached hydrogens (tertiary/aromatic N) is 1. The number of benzene rings is 2. The van der Waals surface area contributed by atoms with Crippen molar-refractivity contribution in [3.05, 3.63) is 62.2 Å². The Balaban J connectivity index is 1.26. The normalized spacial score (nSPS) is 17.6. The summed E-state index contributed by atoms with van der Waals surface area (Å²) in [6.07, 6.45) is 0.929. The number of ether oxygens (including phenoxy) is 1. The lowest BCUT2D eigenvalue weighted by atomic mass is 9.96. The number of imide groups is 1. The Bertz CT molecular complexity index is 1020. The van der Waals surface area contributed by atoms with Crippen molar-refractivity contribution >= 4 is 40.4 Å². The molecule has 2 heterocycles. The minimum atomic E-state index is -0.853. The number of hydrogen-bond acceptors (Lipinski definition) is 6. The molecule has 0 radical (unpaired) electrons. The first-order valence-electron chi connectivity index (χ1n) is 9.46. The van der Waals surface area contributed by atoms with E-state index >= 15 is 0 Å². The predicted octanol–water partition coefficient (Wildman–Crippen LogP) is 2.39. The van der Waals surface area contributed by atoms with Gasteiger partial charge in [-0.15, -0.1) is 5.06 Å². The highest BCUT2D eigenvalue weighted by molar-refractivity contribution is 14.1. The number of carbonyl (C=O) groups excluding carboxylic acids is 2. The summed E-state index contributed by atoms with van der Waals surface area (Å²) < 4.78 is 6.45. The summed E-state index contributed by atoms with van der Waals surface area (Å²) in [6, 6.07) is 10.2. The number of hydroxylamine groups is 2. The van der Waals surface area contributed by atoms with Crippen LogP contribution in [0.4, 0.5) is 0 Å². The average molecular weight is 522 g/mol. The third-order valence-electron chi connectivity index (χ3n) is 5.04. The van der Waals surface area contributed by atoms with Gasteiger partial charge in [0.25, 0.3) is 11.8 Å². The molecule has 2 aromatic rings. The molecule has 1 atom stereocenters. The van der Waals surface area contributed by atoms with Crippen LogP contribution in [0.3, 0.4) is 0 Å². The van der Waals surface area contributed by atoms with Gasteiger partial charge in [-0.3, -0.25) is 19.2 Å². The molecule has 156 valence electrons. The fraction of sp³-hybridized carbons (Fsp3) is 0.286. The minimum absolute atomic E-state index is 0.162. The first kappa shape index (κ1) is 20.8. The Hall–Kier alpha value is -2.50. The van der Waals surface area contributed by atoms with Crippen LogP contribution in [0.2, 0.25) is 0 Å². The highest BCUT2D eigenvalue weighted by Crippen LogP contribution is 2.27. The first-order chi connectivity index (χ1) is 14.5. The lowest BCUT2D eigenvalue weighted by molar-refractivity contribution is -0.139. The molecule has 0 saturated carbocycles. The zero-order chi connectivity index (χ0) is 21.3. The third kappa shape index (κ3) is 4.05. The van der Waals surface area contributed by atoms with Gasteiger partial charge in [0.2, 0.25) is 0 Å². The van der Waals surface area contributed by atoms with Gasteiger partial charge in [-0.25, -0.2) is 0 Å². The largest absolute Gasteiger partial charge is 0.493 e. The third-order valence-corrected chi connectivity index (χ3v) is 5.94. The first-order valence-corrected chi connectivity index (χ1v) is 10.5. The van der Waals surface area contributed by atoms with E-state index in [0.29, 0.717) is 42.9 Å². The van der Waals surface area contributed by atoms with E-state index in [1.807, 2.05) is 40.8 Å². The van der Waals surface area contributed by atoms with E-state index in [0.717, 1.165) is 19.8 Å². The number of carbonyl (C=O) groups is 3. The molecule has 2 N–H and O–H groups in total. The minimum Gasteiger partial charge on any atom is -0.493 e. The van der Waals surface area contributed by atoms with Gasteiger partial charge in [0.15, 0.2) is 0 Å².